The minimum atomic E-state index is -2.46. The summed E-state index contributed by atoms with van der Waals surface area (Å²) in [5.74, 6) is 0.881. The first-order chi connectivity index (χ1) is 9.15. The molecule has 0 unspecified atom stereocenters. The van der Waals surface area contributed by atoms with Crippen molar-refractivity contribution >= 4 is 0 Å². The summed E-state index contributed by atoms with van der Waals surface area (Å²) in [7, 11) is 0. The van der Waals surface area contributed by atoms with Crippen LogP contribution >= 0.6 is 0 Å². The molecule has 0 atom stereocenters. The second kappa shape index (κ2) is 6.75. The highest BCUT2D eigenvalue weighted by Gasteiger charge is 2.19. The second-order valence-corrected chi connectivity index (χ2v) is 4.81. The Labute approximate surface area is 110 Å². The van der Waals surface area contributed by atoms with Crippen molar-refractivity contribution < 1.29 is 13.5 Å². The molecule has 1 saturated carbocycles. The summed E-state index contributed by atoms with van der Waals surface area (Å²) in [6.45, 7) is -0.437. The van der Waals surface area contributed by atoms with Crippen molar-refractivity contribution in [3.8, 4) is 0 Å². The first kappa shape index (κ1) is 14.1. The Morgan fingerprint density at radius 1 is 1.42 bits per heavy atom. The zero-order valence-corrected chi connectivity index (χ0v) is 10.7. The highest BCUT2D eigenvalue weighted by molar-refractivity contribution is 5.10. The number of H-pyrrole nitrogens is 1. The van der Waals surface area contributed by atoms with Crippen LogP contribution in [0.25, 0.3) is 0 Å². The maximum atomic E-state index is 11.9. The molecule has 1 aromatic heterocycles. The number of nitrogens with zero attached hydrogens (tertiary/aromatic N) is 1. The Hall–Kier alpha value is -1.30. The Morgan fingerprint density at radius 2 is 2.16 bits per heavy atom. The van der Waals surface area contributed by atoms with Crippen molar-refractivity contribution in [2.24, 2.45) is 0 Å². The third-order valence-corrected chi connectivity index (χ3v) is 3.31. The number of alkyl halides is 2. The fourth-order valence-corrected chi connectivity index (χ4v) is 2.42. The first-order valence-electron chi connectivity index (χ1n) is 6.61. The summed E-state index contributed by atoms with van der Waals surface area (Å²) in [6, 6.07) is 1.54. The Bertz CT molecular complexity index is 456. The molecule has 6 heteroatoms. The van der Waals surface area contributed by atoms with Crippen molar-refractivity contribution in [1.82, 2.24) is 9.97 Å². The van der Waals surface area contributed by atoms with Gasteiger partial charge in [-0.3, -0.25) is 4.79 Å². The van der Waals surface area contributed by atoms with Crippen molar-refractivity contribution in [3.63, 3.8) is 0 Å². The molecule has 1 fully saturated rings. The Morgan fingerprint density at radius 3 is 2.84 bits per heavy atom. The molecule has 0 aliphatic heterocycles. The number of rotatable bonds is 6. The molecule has 1 heterocycles. The largest absolute Gasteiger partial charge is 0.375 e. The quantitative estimate of drug-likeness (QED) is 0.808. The van der Waals surface area contributed by atoms with Gasteiger partial charge in [-0.1, -0.05) is 12.8 Å². The molecule has 0 radical (unpaired) electrons. The molecule has 4 nitrogen and oxygen atoms in total. The van der Waals surface area contributed by atoms with Gasteiger partial charge >= 0.3 is 0 Å². The SMILES string of the molecule is O=c1cc(C2CCCC2)nc(CCOCC(F)F)[nH]1. The lowest BCUT2D eigenvalue weighted by atomic mass is 10.0. The van der Waals surface area contributed by atoms with E-state index in [2.05, 4.69) is 9.97 Å². The molecule has 19 heavy (non-hydrogen) atoms. The Kier molecular flexibility index (Phi) is 5.01. The molecule has 1 aromatic rings. The van der Waals surface area contributed by atoms with Crippen LogP contribution in [0.15, 0.2) is 10.9 Å². The van der Waals surface area contributed by atoms with Gasteiger partial charge in [-0.05, 0) is 12.8 Å². The molecular weight excluding hydrogens is 254 g/mol. The van der Waals surface area contributed by atoms with Gasteiger partial charge in [0, 0.05) is 18.4 Å². The minimum Gasteiger partial charge on any atom is -0.375 e. The average Bonchev–Trinajstić information content (AvgIpc) is 2.87. The van der Waals surface area contributed by atoms with Crippen molar-refractivity contribution in [3.05, 3.63) is 27.9 Å². The molecule has 0 saturated heterocycles. The van der Waals surface area contributed by atoms with Crippen LogP contribution in [0.1, 0.15) is 43.1 Å². The van der Waals surface area contributed by atoms with Crippen LogP contribution in [0.4, 0.5) is 8.78 Å². The minimum absolute atomic E-state index is 0.140. The number of hydrogen-bond acceptors (Lipinski definition) is 3. The predicted octanol–water partition coefficient (Wildman–Crippen LogP) is 2.25. The second-order valence-electron chi connectivity index (χ2n) is 4.81. The van der Waals surface area contributed by atoms with Crippen LogP contribution < -0.4 is 5.56 Å². The van der Waals surface area contributed by atoms with Gasteiger partial charge in [0.1, 0.15) is 12.4 Å². The van der Waals surface area contributed by atoms with Crippen molar-refractivity contribution in [2.45, 2.75) is 44.4 Å². The normalized spacial score (nSPS) is 16.4. The predicted molar refractivity (Wildman–Crippen MR) is 66.6 cm³/mol. The highest BCUT2D eigenvalue weighted by atomic mass is 19.3. The fraction of sp³-hybridized carbons (Fsp3) is 0.692. The number of nitrogens with one attached hydrogen (secondary N) is 1. The maximum Gasteiger partial charge on any atom is 0.261 e. The van der Waals surface area contributed by atoms with Crippen LogP contribution in [0.2, 0.25) is 0 Å². The van der Waals surface area contributed by atoms with Gasteiger partial charge in [-0.15, -0.1) is 0 Å². The third kappa shape index (κ3) is 4.38. The molecule has 1 aliphatic carbocycles. The van der Waals surface area contributed by atoms with Crippen molar-refractivity contribution in [1.29, 1.82) is 0 Å². The van der Waals surface area contributed by atoms with Crippen LogP contribution in [0, 0.1) is 0 Å². The summed E-state index contributed by atoms with van der Waals surface area (Å²) < 4.78 is 28.6. The number of halogens is 2. The Balaban J connectivity index is 1.94. The topological polar surface area (TPSA) is 55.0 Å². The van der Waals surface area contributed by atoms with Crippen molar-refractivity contribution in [2.75, 3.05) is 13.2 Å². The van der Waals surface area contributed by atoms with Gasteiger partial charge in [0.05, 0.1) is 12.3 Å². The van der Waals surface area contributed by atoms with E-state index in [1.807, 2.05) is 0 Å². The standard InChI is InChI=1S/C13H18F2N2O2/c14-11(15)8-19-6-5-12-16-10(7-13(18)17-12)9-3-1-2-4-9/h7,9,11H,1-6,8H2,(H,16,17,18). The molecule has 2 rings (SSSR count). The van der Waals surface area contributed by atoms with E-state index in [0.717, 1.165) is 18.5 Å². The molecule has 1 aliphatic rings. The smallest absolute Gasteiger partial charge is 0.261 e. The molecule has 0 spiro atoms. The number of aromatic amines is 1. The molecular formula is C13H18F2N2O2. The number of hydrogen-bond donors (Lipinski definition) is 1. The van der Waals surface area contributed by atoms with Crippen LogP contribution in [0.3, 0.4) is 0 Å². The first-order valence-corrected chi connectivity index (χ1v) is 6.61. The van der Waals surface area contributed by atoms with E-state index < -0.39 is 13.0 Å². The summed E-state index contributed by atoms with van der Waals surface area (Å²) in [4.78, 5) is 18.6. The van der Waals surface area contributed by atoms with Gasteiger partial charge in [0.15, 0.2) is 0 Å². The van der Waals surface area contributed by atoms with Crippen LogP contribution in [-0.4, -0.2) is 29.6 Å². The van der Waals surface area contributed by atoms with Gasteiger partial charge in [0.2, 0.25) is 0 Å². The van der Waals surface area contributed by atoms with Gasteiger partial charge in [0.25, 0.3) is 12.0 Å². The lowest BCUT2D eigenvalue weighted by Crippen LogP contribution is -2.16. The lowest BCUT2D eigenvalue weighted by molar-refractivity contribution is 0.0182. The summed E-state index contributed by atoms with van der Waals surface area (Å²) in [6.07, 6.45) is 2.37. The molecule has 0 amide bonds. The molecule has 1 N–H and O–H groups in total. The fourth-order valence-electron chi connectivity index (χ4n) is 2.42. The van der Waals surface area contributed by atoms with E-state index in [1.165, 1.54) is 12.8 Å². The summed E-state index contributed by atoms with van der Waals surface area (Å²) in [5, 5.41) is 0. The van der Waals surface area contributed by atoms with Gasteiger partial charge in [-0.2, -0.15) is 0 Å². The zero-order valence-electron chi connectivity index (χ0n) is 10.7. The summed E-state index contributed by atoms with van der Waals surface area (Å²) >= 11 is 0. The lowest BCUT2D eigenvalue weighted by Gasteiger charge is -2.09. The highest BCUT2D eigenvalue weighted by Crippen LogP contribution is 2.32. The number of aromatic nitrogens is 2. The van der Waals surface area contributed by atoms with E-state index >= 15 is 0 Å². The van der Waals surface area contributed by atoms with E-state index in [9.17, 15) is 13.6 Å². The molecule has 106 valence electrons. The number of ether oxygens (including phenoxy) is 1. The van der Waals surface area contributed by atoms with Crippen LogP contribution in [0.5, 0.6) is 0 Å². The zero-order chi connectivity index (χ0) is 13.7. The van der Waals surface area contributed by atoms with Crippen LogP contribution in [-0.2, 0) is 11.2 Å². The average molecular weight is 272 g/mol. The maximum absolute atomic E-state index is 11.9. The third-order valence-electron chi connectivity index (χ3n) is 3.31. The molecule has 0 bridgehead atoms. The van der Waals surface area contributed by atoms with Gasteiger partial charge < -0.3 is 9.72 Å². The van der Waals surface area contributed by atoms with E-state index in [1.54, 1.807) is 6.07 Å². The molecule has 0 aromatic carbocycles. The van der Waals surface area contributed by atoms with E-state index in [0.29, 0.717) is 18.2 Å². The van der Waals surface area contributed by atoms with E-state index in [4.69, 9.17) is 4.74 Å². The van der Waals surface area contributed by atoms with Gasteiger partial charge in [-0.25, -0.2) is 13.8 Å². The monoisotopic (exact) mass is 272 g/mol. The van der Waals surface area contributed by atoms with E-state index in [-0.39, 0.29) is 12.2 Å². The summed E-state index contributed by atoms with van der Waals surface area (Å²) in [5.41, 5.74) is 0.644.